The number of aromatic nitrogens is 2. The van der Waals surface area contributed by atoms with Crippen molar-refractivity contribution in [3.05, 3.63) is 200 Å². The molecule has 11 aromatic rings. The van der Waals surface area contributed by atoms with E-state index in [0.717, 1.165) is 28.4 Å². The number of para-hydroxylation sites is 4. The van der Waals surface area contributed by atoms with Crippen molar-refractivity contribution >= 4 is 82.2 Å². The van der Waals surface area contributed by atoms with Crippen LogP contribution in [0.3, 0.4) is 0 Å². The Kier molecular flexibility index (Phi) is 6.55. The third-order valence-electron chi connectivity index (χ3n) is 10.8. The molecule has 0 radical (unpaired) electrons. The predicted molar refractivity (Wildman–Crippen MR) is 225 cm³/mol. The van der Waals surface area contributed by atoms with Gasteiger partial charge in [-0.2, -0.15) is 0 Å². The predicted octanol–water partition coefficient (Wildman–Crippen LogP) is 13.7. The molecule has 53 heavy (non-hydrogen) atoms. The third kappa shape index (κ3) is 4.61. The summed E-state index contributed by atoms with van der Waals surface area (Å²) in [5.74, 6) is 0. The zero-order valence-electron chi connectivity index (χ0n) is 28.9. The maximum Gasteiger partial charge on any atom is 0.0782 e. The van der Waals surface area contributed by atoms with Gasteiger partial charge in [0.05, 0.1) is 27.8 Å². The lowest BCUT2D eigenvalue weighted by Crippen LogP contribution is -2.11. The van der Waals surface area contributed by atoms with Gasteiger partial charge in [-0.15, -0.1) is 0 Å². The van der Waals surface area contributed by atoms with Gasteiger partial charge < -0.3 is 14.0 Å². The van der Waals surface area contributed by atoms with Crippen molar-refractivity contribution in [1.82, 2.24) is 9.13 Å². The highest BCUT2D eigenvalue weighted by Crippen LogP contribution is 2.45. The average Bonchev–Trinajstić information content (AvgIpc) is 3.74. The highest BCUT2D eigenvalue weighted by molar-refractivity contribution is 6.15. The van der Waals surface area contributed by atoms with E-state index in [9.17, 15) is 0 Å². The summed E-state index contributed by atoms with van der Waals surface area (Å²) in [6.07, 6.45) is 0. The normalized spacial score (nSPS) is 11.8. The van der Waals surface area contributed by atoms with E-state index in [4.69, 9.17) is 0 Å². The van der Waals surface area contributed by atoms with Crippen LogP contribution in [0.1, 0.15) is 0 Å². The first kappa shape index (κ1) is 29.6. The first-order valence-electron chi connectivity index (χ1n) is 18.2. The van der Waals surface area contributed by atoms with E-state index in [1.807, 2.05) is 0 Å². The lowest BCUT2D eigenvalue weighted by atomic mass is 10.1. The second kappa shape index (κ2) is 11.7. The summed E-state index contributed by atoms with van der Waals surface area (Å²) in [6, 6.07) is 72.9. The van der Waals surface area contributed by atoms with Crippen LogP contribution in [0, 0.1) is 0 Å². The SMILES string of the molecule is c1ccc(N(c2ccc3c4ccccc4n(-c4ccc5ccccc5c4)c3c2)c2cccc3c4ccccc4n(-c4ccc5ccccc5c4)c23)cc1. The van der Waals surface area contributed by atoms with Crippen molar-refractivity contribution in [2.24, 2.45) is 0 Å². The molecule has 0 aliphatic rings. The van der Waals surface area contributed by atoms with Gasteiger partial charge in [-0.3, -0.25) is 0 Å². The minimum absolute atomic E-state index is 1.09. The molecule has 0 spiro atoms. The molecule has 3 nitrogen and oxygen atoms in total. The van der Waals surface area contributed by atoms with Gasteiger partial charge in [0.2, 0.25) is 0 Å². The van der Waals surface area contributed by atoms with Gasteiger partial charge in [0, 0.05) is 44.3 Å². The van der Waals surface area contributed by atoms with Crippen LogP contribution in [0.5, 0.6) is 0 Å². The van der Waals surface area contributed by atoms with Crippen LogP contribution in [0.15, 0.2) is 200 Å². The Morgan fingerprint density at radius 2 is 0.830 bits per heavy atom. The van der Waals surface area contributed by atoms with Crippen LogP contribution in [0.4, 0.5) is 17.1 Å². The zero-order chi connectivity index (χ0) is 34.9. The highest BCUT2D eigenvalue weighted by atomic mass is 15.2. The average molecular weight is 676 g/mol. The molecule has 3 heteroatoms. The smallest absolute Gasteiger partial charge is 0.0782 e. The number of fused-ring (bicyclic) bond motifs is 8. The molecule has 248 valence electrons. The van der Waals surface area contributed by atoms with E-state index >= 15 is 0 Å². The summed E-state index contributed by atoms with van der Waals surface area (Å²) in [7, 11) is 0. The fourth-order valence-electron chi connectivity index (χ4n) is 8.46. The molecule has 0 N–H and O–H groups in total. The molecule has 0 aliphatic carbocycles. The second-order valence-corrected chi connectivity index (χ2v) is 13.8. The fraction of sp³-hybridized carbons (Fsp3) is 0. The van der Waals surface area contributed by atoms with Gasteiger partial charge in [0.25, 0.3) is 0 Å². The molecular formula is C50H33N3. The lowest BCUT2D eigenvalue weighted by molar-refractivity contribution is 1.17. The maximum absolute atomic E-state index is 2.45. The van der Waals surface area contributed by atoms with E-state index in [2.05, 4.69) is 214 Å². The standard InChI is InChI=1S/C50H33N3/c1-2-17-38(18-3-1)51(41-29-30-44-42-19-8-10-22-46(42)52(49(44)33-41)39-27-25-34-13-4-6-15-36(34)31-39)48-24-12-21-45-43-20-9-11-23-47(43)53(50(45)48)40-28-26-35-14-5-7-16-37(35)32-40/h1-33H. The third-order valence-corrected chi connectivity index (χ3v) is 10.8. The number of rotatable bonds is 5. The van der Waals surface area contributed by atoms with Gasteiger partial charge in [-0.05, 0) is 88.3 Å². The Morgan fingerprint density at radius 3 is 1.53 bits per heavy atom. The van der Waals surface area contributed by atoms with E-state index in [-0.39, 0.29) is 0 Å². The molecule has 0 unspecified atom stereocenters. The number of hydrogen-bond donors (Lipinski definition) is 0. The molecule has 11 rings (SSSR count). The molecule has 2 heterocycles. The summed E-state index contributed by atoms with van der Waals surface area (Å²) in [5, 5.41) is 9.85. The van der Waals surface area contributed by atoms with Crippen LogP contribution in [-0.2, 0) is 0 Å². The molecule has 0 aliphatic heterocycles. The van der Waals surface area contributed by atoms with E-state index in [1.54, 1.807) is 0 Å². The number of benzene rings is 9. The summed E-state index contributed by atoms with van der Waals surface area (Å²) in [4.78, 5) is 2.43. The molecule has 0 saturated carbocycles. The van der Waals surface area contributed by atoms with Crippen molar-refractivity contribution in [3.8, 4) is 11.4 Å². The Hall–Kier alpha value is -7.10. The molecule has 0 atom stereocenters. The van der Waals surface area contributed by atoms with Gasteiger partial charge in [0.15, 0.2) is 0 Å². The van der Waals surface area contributed by atoms with Crippen molar-refractivity contribution < 1.29 is 0 Å². The van der Waals surface area contributed by atoms with Crippen LogP contribution < -0.4 is 4.90 Å². The van der Waals surface area contributed by atoms with Crippen LogP contribution in [0.2, 0.25) is 0 Å². The van der Waals surface area contributed by atoms with Gasteiger partial charge in [0.1, 0.15) is 0 Å². The number of nitrogens with zero attached hydrogens (tertiary/aromatic N) is 3. The minimum Gasteiger partial charge on any atom is -0.309 e. The summed E-state index contributed by atoms with van der Waals surface area (Å²) in [5.41, 5.74) is 10.3. The Balaban J connectivity index is 1.21. The Morgan fingerprint density at radius 1 is 0.302 bits per heavy atom. The molecule has 2 aromatic heterocycles. The molecular weight excluding hydrogens is 643 g/mol. The second-order valence-electron chi connectivity index (χ2n) is 13.8. The van der Waals surface area contributed by atoms with Crippen molar-refractivity contribution in [3.63, 3.8) is 0 Å². The van der Waals surface area contributed by atoms with Crippen molar-refractivity contribution in [2.75, 3.05) is 4.90 Å². The molecule has 0 amide bonds. The first-order valence-corrected chi connectivity index (χ1v) is 18.2. The fourth-order valence-corrected chi connectivity index (χ4v) is 8.46. The number of anilines is 3. The maximum atomic E-state index is 2.45. The van der Waals surface area contributed by atoms with Gasteiger partial charge in [-0.1, -0.05) is 133 Å². The quantitative estimate of drug-likeness (QED) is 0.177. The van der Waals surface area contributed by atoms with Gasteiger partial charge >= 0.3 is 0 Å². The molecule has 9 aromatic carbocycles. The van der Waals surface area contributed by atoms with E-state index in [1.165, 1.54) is 65.2 Å². The van der Waals surface area contributed by atoms with Crippen molar-refractivity contribution in [2.45, 2.75) is 0 Å². The summed E-state index contributed by atoms with van der Waals surface area (Å²) in [6.45, 7) is 0. The minimum atomic E-state index is 1.09. The van der Waals surface area contributed by atoms with E-state index < -0.39 is 0 Å². The van der Waals surface area contributed by atoms with Crippen LogP contribution in [-0.4, -0.2) is 9.13 Å². The van der Waals surface area contributed by atoms with Crippen LogP contribution in [0.25, 0.3) is 76.5 Å². The largest absolute Gasteiger partial charge is 0.309 e. The first-order chi connectivity index (χ1) is 26.3. The molecule has 0 fully saturated rings. The lowest BCUT2D eigenvalue weighted by Gasteiger charge is -2.27. The topological polar surface area (TPSA) is 13.1 Å². The van der Waals surface area contributed by atoms with Crippen LogP contribution >= 0.6 is 0 Å². The molecule has 0 bridgehead atoms. The number of hydrogen-bond acceptors (Lipinski definition) is 1. The summed E-state index contributed by atoms with van der Waals surface area (Å²) >= 11 is 0. The Bertz CT molecular complexity index is 3180. The molecule has 0 saturated heterocycles. The monoisotopic (exact) mass is 675 g/mol. The van der Waals surface area contributed by atoms with Crippen molar-refractivity contribution in [1.29, 1.82) is 0 Å². The zero-order valence-corrected chi connectivity index (χ0v) is 28.9. The summed E-state index contributed by atoms with van der Waals surface area (Å²) < 4.78 is 4.88. The highest BCUT2D eigenvalue weighted by Gasteiger charge is 2.23. The van der Waals surface area contributed by atoms with E-state index in [0.29, 0.717) is 0 Å². The Labute approximate surface area is 306 Å². The van der Waals surface area contributed by atoms with Gasteiger partial charge in [-0.25, -0.2) is 0 Å².